The largest absolute Gasteiger partial charge is 0.331 e. The highest BCUT2D eigenvalue weighted by atomic mass is 35.5. The molecule has 1 unspecified atom stereocenters. The molecule has 0 aliphatic carbocycles. The Balaban J connectivity index is 1.54. The second-order valence-electron chi connectivity index (χ2n) is 7.00. The van der Waals surface area contributed by atoms with Crippen molar-refractivity contribution in [1.82, 2.24) is 19.4 Å². The Labute approximate surface area is 153 Å². The predicted octanol–water partition coefficient (Wildman–Crippen LogP) is 3.22. The summed E-state index contributed by atoms with van der Waals surface area (Å²) in [6, 6.07) is 7.46. The Morgan fingerprint density at radius 1 is 1.24 bits per heavy atom. The molecule has 4 rings (SSSR count). The predicted molar refractivity (Wildman–Crippen MR) is 97.7 cm³/mol. The van der Waals surface area contributed by atoms with Crippen LogP contribution in [0, 0.1) is 0 Å². The van der Waals surface area contributed by atoms with E-state index in [-0.39, 0.29) is 11.9 Å². The van der Waals surface area contributed by atoms with Crippen LogP contribution >= 0.6 is 11.6 Å². The Morgan fingerprint density at radius 2 is 2.08 bits per heavy atom. The number of carbonyl (C=O) groups is 1. The summed E-state index contributed by atoms with van der Waals surface area (Å²) < 4.78 is 2.25. The number of nitrogens with zero attached hydrogens (tertiary/aromatic N) is 4. The summed E-state index contributed by atoms with van der Waals surface area (Å²) in [5.74, 6) is 0.0404. The van der Waals surface area contributed by atoms with Gasteiger partial charge in [0.05, 0.1) is 24.6 Å². The summed E-state index contributed by atoms with van der Waals surface area (Å²) in [4.78, 5) is 21.7. The molecule has 1 aromatic carbocycles. The molecule has 2 aliphatic rings. The van der Waals surface area contributed by atoms with Gasteiger partial charge in [-0.15, -0.1) is 0 Å². The Hall–Kier alpha value is -1.85. The highest BCUT2D eigenvalue weighted by Crippen LogP contribution is 2.25. The zero-order valence-electron chi connectivity index (χ0n) is 14.3. The van der Waals surface area contributed by atoms with E-state index in [0.29, 0.717) is 23.7 Å². The average Bonchev–Trinajstić information content (AvgIpc) is 3.11. The first-order chi connectivity index (χ1) is 12.2. The van der Waals surface area contributed by atoms with Crippen molar-refractivity contribution < 1.29 is 4.79 Å². The van der Waals surface area contributed by atoms with Gasteiger partial charge in [-0.2, -0.15) is 0 Å². The van der Waals surface area contributed by atoms with Crippen LogP contribution in [0.4, 0.5) is 0 Å². The molecule has 1 amide bonds. The van der Waals surface area contributed by atoms with Gasteiger partial charge in [0.25, 0.3) is 5.91 Å². The molecule has 1 aromatic heterocycles. The number of piperidine rings is 1. The van der Waals surface area contributed by atoms with Crippen molar-refractivity contribution in [3.8, 4) is 0 Å². The van der Waals surface area contributed by atoms with Crippen LogP contribution in [0.5, 0.6) is 0 Å². The summed E-state index contributed by atoms with van der Waals surface area (Å²) >= 11 is 6.06. The molecule has 5 nitrogen and oxygen atoms in total. The highest BCUT2D eigenvalue weighted by Gasteiger charge is 2.30. The van der Waals surface area contributed by atoms with Crippen LogP contribution in [-0.4, -0.2) is 51.4 Å². The number of amides is 1. The molecule has 2 aromatic rings. The van der Waals surface area contributed by atoms with E-state index in [9.17, 15) is 4.79 Å². The number of hydrogen-bond acceptors (Lipinski definition) is 3. The summed E-state index contributed by atoms with van der Waals surface area (Å²) in [5.41, 5.74) is 1.75. The van der Waals surface area contributed by atoms with E-state index < -0.39 is 0 Å². The zero-order chi connectivity index (χ0) is 17.2. The minimum absolute atomic E-state index is 0.0404. The van der Waals surface area contributed by atoms with Crippen LogP contribution in [0.3, 0.4) is 0 Å². The fourth-order valence-electron chi connectivity index (χ4n) is 3.93. The van der Waals surface area contributed by atoms with Gasteiger partial charge in [0.15, 0.2) is 0 Å². The third-order valence-electron chi connectivity index (χ3n) is 5.20. The van der Waals surface area contributed by atoms with Crippen LogP contribution in [-0.2, 0) is 6.54 Å². The molecule has 1 atom stereocenters. The van der Waals surface area contributed by atoms with Gasteiger partial charge in [0, 0.05) is 29.9 Å². The maximum absolute atomic E-state index is 12.9. The molecule has 1 fully saturated rings. The van der Waals surface area contributed by atoms with Crippen molar-refractivity contribution in [2.24, 2.45) is 0 Å². The lowest BCUT2D eigenvalue weighted by Gasteiger charge is -2.38. The van der Waals surface area contributed by atoms with E-state index in [0.717, 1.165) is 25.3 Å². The number of hydrogen-bond donors (Lipinski definition) is 0. The summed E-state index contributed by atoms with van der Waals surface area (Å²) in [6.07, 6.45) is 7.66. The summed E-state index contributed by atoms with van der Waals surface area (Å²) in [5, 5.41) is 0.595. The number of likely N-dealkylation sites (tertiary alicyclic amines) is 1. The van der Waals surface area contributed by atoms with Crippen molar-refractivity contribution in [2.45, 2.75) is 31.8 Å². The van der Waals surface area contributed by atoms with E-state index in [1.54, 1.807) is 12.1 Å². The lowest BCUT2D eigenvalue weighted by Crippen LogP contribution is -2.45. The lowest BCUT2D eigenvalue weighted by molar-refractivity contribution is 0.0645. The molecule has 1 saturated heterocycles. The SMILES string of the molecule is O=C(c1cccc(Cl)c1)N1Cc2cncn2C(CN2CCCCC2)C1. The molecule has 0 spiro atoms. The van der Waals surface area contributed by atoms with Crippen molar-refractivity contribution in [1.29, 1.82) is 0 Å². The minimum Gasteiger partial charge on any atom is -0.331 e. The Bertz CT molecular complexity index is 753. The van der Waals surface area contributed by atoms with Crippen LogP contribution in [0.2, 0.25) is 5.02 Å². The number of fused-ring (bicyclic) bond motifs is 1. The van der Waals surface area contributed by atoms with Crippen molar-refractivity contribution in [3.05, 3.63) is 53.1 Å². The Morgan fingerprint density at radius 3 is 2.88 bits per heavy atom. The van der Waals surface area contributed by atoms with Gasteiger partial charge >= 0.3 is 0 Å². The normalized spacial score (nSPS) is 21.2. The van der Waals surface area contributed by atoms with Gasteiger partial charge in [-0.1, -0.05) is 24.1 Å². The molecule has 2 aliphatic heterocycles. The molecule has 0 bridgehead atoms. The van der Waals surface area contributed by atoms with Crippen LogP contribution in [0.15, 0.2) is 36.8 Å². The van der Waals surface area contributed by atoms with Crippen LogP contribution in [0.25, 0.3) is 0 Å². The van der Waals surface area contributed by atoms with Gasteiger partial charge in [-0.05, 0) is 44.1 Å². The van der Waals surface area contributed by atoms with Crippen LogP contribution < -0.4 is 0 Å². The molecular weight excluding hydrogens is 336 g/mol. The van der Waals surface area contributed by atoms with Crippen LogP contribution in [0.1, 0.15) is 41.4 Å². The fourth-order valence-corrected chi connectivity index (χ4v) is 4.12. The number of halogens is 1. The maximum atomic E-state index is 12.9. The van der Waals surface area contributed by atoms with E-state index in [4.69, 9.17) is 11.6 Å². The van der Waals surface area contributed by atoms with Gasteiger partial charge < -0.3 is 14.4 Å². The number of benzene rings is 1. The quantitative estimate of drug-likeness (QED) is 0.846. The lowest BCUT2D eigenvalue weighted by atomic mass is 10.1. The Kier molecular flexibility index (Phi) is 4.77. The molecule has 0 radical (unpaired) electrons. The molecular formula is C19H23ClN4O. The van der Waals surface area contributed by atoms with Crippen molar-refractivity contribution in [3.63, 3.8) is 0 Å². The smallest absolute Gasteiger partial charge is 0.254 e. The molecule has 0 saturated carbocycles. The van der Waals surface area contributed by atoms with Crippen molar-refractivity contribution in [2.75, 3.05) is 26.2 Å². The van der Waals surface area contributed by atoms with Gasteiger partial charge in [0.2, 0.25) is 0 Å². The number of carbonyl (C=O) groups excluding carboxylic acids is 1. The van der Waals surface area contributed by atoms with E-state index >= 15 is 0 Å². The van der Waals surface area contributed by atoms with E-state index in [1.165, 1.54) is 19.3 Å². The molecule has 132 valence electrons. The van der Waals surface area contributed by atoms with Crippen molar-refractivity contribution >= 4 is 17.5 Å². The first kappa shape index (κ1) is 16.6. The summed E-state index contributed by atoms with van der Waals surface area (Å²) in [6.45, 7) is 4.60. The number of rotatable bonds is 3. The van der Waals surface area contributed by atoms with Gasteiger partial charge in [0.1, 0.15) is 0 Å². The highest BCUT2D eigenvalue weighted by molar-refractivity contribution is 6.30. The molecule has 0 N–H and O–H groups in total. The van der Waals surface area contributed by atoms with Gasteiger partial charge in [-0.3, -0.25) is 4.79 Å². The van der Waals surface area contributed by atoms with Gasteiger partial charge in [-0.25, -0.2) is 4.98 Å². The molecule has 3 heterocycles. The molecule has 25 heavy (non-hydrogen) atoms. The molecule has 6 heteroatoms. The standard InChI is InChI=1S/C19H23ClN4O/c20-16-6-4-5-15(9-16)19(25)23-12-17-10-21-14-24(17)18(13-23)11-22-7-2-1-3-8-22/h4-6,9-10,14,18H,1-3,7-8,11-13H2. The second kappa shape index (κ2) is 7.18. The minimum atomic E-state index is 0.0404. The van der Waals surface area contributed by atoms with E-state index in [1.807, 2.05) is 29.6 Å². The summed E-state index contributed by atoms with van der Waals surface area (Å²) in [7, 11) is 0. The fraction of sp³-hybridized carbons (Fsp3) is 0.474. The maximum Gasteiger partial charge on any atom is 0.254 e. The topological polar surface area (TPSA) is 41.4 Å². The third kappa shape index (κ3) is 3.58. The number of imidazole rings is 1. The first-order valence-electron chi connectivity index (χ1n) is 8.98. The third-order valence-corrected chi connectivity index (χ3v) is 5.44. The average molecular weight is 359 g/mol. The zero-order valence-corrected chi connectivity index (χ0v) is 15.0. The van der Waals surface area contributed by atoms with E-state index in [2.05, 4.69) is 14.5 Å². The second-order valence-corrected chi connectivity index (χ2v) is 7.44. The monoisotopic (exact) mass is 358 g/mol. The first-order valence-corrected chi connectivity index (χ1v) is 9.36. The number of aromatic nitrogens is 2.